The molecule has 0 aliphatic heterocycles. The van der Waals surface area contributed by atoms with E-state index in [2.05, 4.69) is 15.9 Å². The van der Waals surface area contributed by atoms with Gasteiger partial charge in [-0.05, 0) is 27.9 Å². The van der Waals surface area contributed by atoms with Crippen LogP contribution in [0.4, 0.5) is 0 Å². The SMILES string of the molecule is O=C(CC1CCC1)c1cc(Br)c(Cl)s1. The summed E-state index contributed by atoms with van der Waals surface area (Å²) in [5.41, 5.74) is 0. The Morgan fingerprint density at radius 1 is 1.64 bits per heavy atom. The summed E-state index contributed by atoms with van der Waals surface area (Å²) in [6, 6.07) is 1.83. The molecule has 0 radical (unpaired) electrons. The predicted octanol–water partition coefficient (Wildman–Crippen LogP) is 4.54. The lowest BCUT2D eigenvalue weighted by Gasteiger charge is -2.23. The minimum Gasteiger partial charge on any atom is -0.293 e. The number of halogens is 2. The lowest BCUT2D eigenvalue weighted by atomic mass is 9.82. The van der Waals surface area contributed by atoms with Gasteiger partial charge in [-0.1, -0.05) is 30.9 Å². The van der Waals surface area contributed by atoms with Crippen LogP contribution in [0.5, 0.6) is 0 Å². The van der Waals surface area contributed by atoms with Crippen LogP contribution in [-0.4, -0.2) is 5.78 Å². The molecule has 0 spiro atoms. The molecule has 1 fully saturated rings. The van der Waals surface area contributed by atoms with Gasteiger partial charge in [0.25, 0.3) is 0 Å². The maximum Gasteiger partial charge on any atom is 0.173 e. The zero-order valence-electron chi connectivity index (χ0n) is 7.56. The van der Waals surface area contributed by atoms with Crippen molar-refractivity contribution in [3.05, 3.63) is 19.8 Å². The second-order valence-electron chi connectivity index (χ2n) is 3.66. The van der Waals surface area contributed by atoms with E-state index in [1.54, 1.807) is 0 Å². The Labute approximate surface area is 101 Å². The van der Waals surface area contributed by atoms with Crippen LogP contribution in [0.3, 0.4) is 0 Å². The number of rotatable bonds is 3. The highest BCUT2D eigenvalue weighted by Crippen LogP contribution is 2.35. The smallest absolute Gasteiger partial charge is 0.173 e. The van der Waals surface area contributed by atoms with Gasteiger partial charge in [-0.3, -0.25) is 4.79 Å². The average Bonchev–Trinajstić information content (AvgIpc) is 2.40. The van der Waals surface area contributed by atoms with E-state index in [-0.39, 0.29) is 5.78 Å². The molecule has 0 aromatic carbocycles. The van der Waals surface area contributed by atoms with Crippen molar-refractivity contribution in [3.8, 4) is 0 Å². The van der Waals surface area contributed by atoms with Crippen molar-refractivity contribution in [1.29, 1.82) is 0 Å². The van der Waals surface area contributed by atoms with E-state index >= 15 is 0 Å². The van der Waals surface area contributed by atoms with Crippen molar-refractivity contribution in [2.24, 2.45) is 5.92 Å². The molecule has 1 aliphatic carbocycles. The van der Waals surface area contributed by atoms with Crippen LogP contribution in [-0.2, 0) is 0 Å². The van der Waals surface area contributed by atoms with Gasteiger partial charge in [0.1, 0.15) is 4.34 Å². The van der Waals surface area contributed by atoms with E-state index in [0.29, 0.717) is 16.7 Å². The van der Waals surface area contributed by atoms with Gasteiger partial charge in [-0.25, -0.2) is 0 Å². The van der Waals surface area contributed by atoms with Crippen molar-refractivity contribution < 1.29 is 4.79 Å². The van der Waals surface area contributed by atoms with E-state index in [1.165, 1.54) is 30.6 Å². The molecule has 0 unspecified atom stereocenters. The second-order valence-corrected chi connectivity index (χ2v) is 6.17. The first kappa shape index (κ1) is 10.7. The van der Waals surface area contributed by atoms with Crippen LogP contribution >= 0.6 is 38.9 Å². The summed E-state index contributed by atoms with van der Waals surface area (Å²) in [5.74, 6) is 0.870. The topological polar surface area (TPSA) is 17.1 Å². The number of hydrogen-bond donors (Lipinski definition) is 0. The second kappa shape index (κ2) is 4.33. The Morgan fingerprint density at radius 3 is 2.79 bits per heavy atom. The Bertz CT molecular complexity index is 338. The van der Waals surface area contributed by atoms with Gasteiger partial charge >= 0.3 is 0 Å². The highest BCUT2D eigenvalue weighted by molar-refractivity contribution is 9.10. The van der Waals surface area contributed by atoms with Gasteiger partial charge in [0.2, 0.25) is 0 Å². The lowest BCUT2D eigenvalue weighted by Crippen LogP contribution is -2.15. The normalized spacial score (nSPS) is 16.7. The molecule has 1 aromatic heterocycles. The van der Waals surface area contributed by atoms with Crippen molar-refractivity contribution in [1.82, 2.24) is 0 Å². The summed E-state index contributed by atoms with van der Waals surface area (Å²) in [4.78, 5) is 12.5. The predicted molar refractivity (Wildman–Crippen MR) is 63.3 cm³/mol. The molecule has 1 aromatic rings. The minimum absolute atomic E-state index is 0.243. The number of ketones is 1. The zero-order chi connectivity index (χ0) is 10.1. The molecule has 14 heavy (non-hydrogen) atoms. The molecular weight excluding hydrogens is 284 g/mol. The molecular formula is C10H10BrClOS. The molecule has 0 bridgehead atoms. The van der Waals surface area contributed by atoms with Crippen LogP contribution in [0.15, 0.2) is 10.5 Å². The van der Waals surface area contributed by atoms with Crippen LogP contribution < -0.4 is 0 Å². The third-order valence-electron chi connectivity index (χ3n) is 2.62. The highest BCUT2D eigenvalue weighted by atomic mass is 79.9. The van der Waals surface area contributed by atoms with E-state index in [4.69, 9.17) is 11.6 Å². The number of hydrogen-bond acceptors (Lipinski definition) is 2. The first-order valence-electron chi connectivity index (χ1n) is 4.65. The molecule has 0 N–H and O–H groups in total. The van der Waals surface area contributed by atoms with Gasteiger partial charge in [0.15, 0.2) is 5.78 Å². The van der Waals surface area contributed by atoms with E-state index in [1.807, 2.05) is 6.07 Å². The van der Waals surface area contributed by atoms with Gasteiger partial charge in [0.05, 0.1) is 4.88 Å². The van der Waals surface area contributed by atoms with Crippen molar-refractivity contribution >= 4 is 44.7 Å². The highest BCUT2D eigenvalue weighted by Gasteiger charge is 2.22. The van der Waals surface area contributed by atoms with Crippen molar-refractivity contribution in [2.75, 3.05) is 0 Å². The Kier molecular flexibility index (Phi) is 3.30. The van der Waals surface area contributed by atoms with Crippen LogP contribution in [0.2, 0.25) is 4.34 Å². The molecule has 1 heterocycles. The third-order valence-corrected chi connectivity index (χ3v) is 5.13. The summed E-state index contributed by atoms with van der Waals surface area (Å²) in [7, 11) is 0. The van der Waals surface area contributed by atoms with E-state index in [0.717, 1.165) is 9.35 Å². The molecule has 4 heteroatoms. The molecule has 0 atom stereocenters. The van der Waals surface area contributed by atoms with Crippen LogP contribution in [0.1, 0.15) is 35.4 Å². The minimum atomic E-state index is 0.243. The Hall–Kier alpha value is 0.140. The molecule has 1 aliphatic rings. The van der Waals surface area contributed by atoms with Crippen LogP contribution in [0.25, 0.3) is 0 Å². The quantitative estimate of drug-likeness (QED) is 0.748. The zero-order valence-corrected chi connectivity index (χ0v) is 10.7. The van der Waals surface area contributed by atoms with Crippen molar-refractivity contribution in [3.63, 3.8) is 0 Å². The summed E-state index contributed by atoms with van der Waals surface area (Å²) in [6.07, 6.45) is 4.41. The van der Waals surface area contributed by atoms with Gasteiger partial charge < -0.3 is 0 Å². The maximum atomic E-state index is 11.7. The van der Waals surface area contributed by atoms with E-state index in [9.17, 15) is 4.79 Å². The summed E-state index contributed by atoms with van der Waals surface area (Å²) in [6.45, 7) is 0. The third kappa shape index (κ3) is 2.20. The number of thiophene rings is 1. The molecule has 0 amide bonds. The van der Waals surface area contributed by atoms with E-state index < -0.39 is 0 Å². The average molecular weight is 294 g/mol. The molecule has 1 saturated carbocycles. The molecule has 0 saturated heterocycles. The number of carbonyl (C=O) groups excluding carboxylic acids is 1. The molecule has 76 valence electrons. The fourth-order valence-electron chi connectivity index (χ4n) is 1.54. The number of carbonyl (C=O) groups is 1. The summed E-state index contributed by atoms with van der Waals surface area (Å²) < 4.78 is 1.50. The largest absolute Gasteiger partial charge is 0.293 e. The standard InChI is InChI=1S/C10H10BrClOS/c11-7-5-9(14-10(7)12)8(13)4-6-2-1-3-6/h5-6H,1-4H2. The van der Waals surface area contributed by atoms with Crippen LogP contribution in [0, 0.1) is 5.92 Å². The molecule has 1 nitrogen and oxygen atoms in total. The number of Topliss-reactive ketones (excluding diaryl/α,β-unsaturated/α-hetero) is 1. The van der Waals surface area contributed by atoms with Gasteiger partial charge in [0, 0.05) is 10.9 Å². The molecule has 2 rings (SSSR count). The van der Waals surface area contributed by atoms with Gasteiger partial charge in [-0.2, -0.15) is 0 Å². The summed E-state index contributed by atoms with van der Waals surface area (Å²) in [5, 5.41) is 0. The Balaban J connectivity index is 2.02. The van der Waals surface area contributed by atoms with Gasteiger partial charge in [-0.15, -0.1) is 11.3 Å². The Morgan fingerprint density at radius 2 is 2.36 bits per heavy atom. The first-order chi connectivity index (χ1) is 6.66. The fraction of sp³-hybridized carbons (Fsp3) is 0.500. The maximum absolute atomic E-state index is 11.7. The first-order valence-corrected chi connectivity index (χ1v) is 6.63. The monoisotopic (exact) mass is 292 g/mol. The fourth-order valence-corrected chi connectivity index (χ4v) is 3.19. The lowest BCUT2D eigenvalue weighted by molar-refractivity contribution is 0.0940. The van der Waals surface area contributed by atoms with Crippen molar-refractivity contribution in [2.45, 2.75) is 25.7 Å². The summed E-state index contributed by atoms with van der Waals surface area (Å²) >= 11 is 10.6.